The van der Waals surface area contributed by atoms with E-state index in [4.69, 9.17) is 4.52 Å². The molecule has 0 saturated carbocycles. The van der Waals surface area contributed by atoms with Crippen LogP contribution in [-0.4, -0.2) is 34.8 Å². The van der Waals surface area contributed by atoms with Crippen molar-refractivity contribution in [2.45, 2.75) is 59.0 Å². The highest BCUT2D eigenvalue weighted by atomic mass is 31.2. The van der Waals surface area contributed by atoms with Crippen LogP contribution in [-0.2, 0) is 9.09 Å². The molecule has 4 heteroatoms. The topological polar surface area (TPSA) is 26.3 Å². The van der Waals surface area contributed by atoms with Gasteiger partial charge >= 0.3 is 0 Å². The van der Waals surface area contributed by atoms with Crippen molar-refractivity contribution >= 4 is 24.7 Å². The highest BCUT2D eigenvalue weighted by Crippen LogP contribution is 2.56. The molecular formula is C9H24AlO2P. The maximum Gasteiger partial charge on any atom is 0.208 e. The summed E-state index contributed by atoms with van der Waals surface area (Å²) in [5.74, 6) is 0. The van der Waals surface area contributed by atoms with Gasteiger partial charge in [-0.15, -0.1) is 0 Å². The first-order chi connectivity index (χ1) is 5.30. The Morgan fingerprint density at radius 3 is 1.31 bits per heavy atom. The Labute approximate surface area is 93.0 Å². The molecule has 13 heavy (non-hydrogen) atoms. The van der Waals surface area contributed by atoms with Gasteiger partial charge in [0.15, 0.2) is 17.4 Å². The number of hydrogen-bond acceptors (Lipinski definition) is 2. The van der Waals surface area contributed by atoms with E-state index in [-0.39, 0.29) is 34.8 Å². The molecule has 0 aromatic heterocycles. The van der Waals surface area contributed by atoms with Gasteiger partial charge < -0.3 is 4.52 Å². The Balaban J connectivity index is 0. The van der Waals surface area contributed by atoms with Crippen LogP contribution in [0.4, 0.5) is 0 Å². The second-order valence-electron chi connectivity index (χ2n) is 3.99. The van der Waals surface area contributed by atoms with Crippen LogP contribution < -0.4 is 0 Å². The monoisotopic (exact) mass is 222 g/mol. The van der Waals surface area contributed by atoms with Gasteiger partial charge in [-0.05, 0) is 13.8 Å². The van der Waals surface area contributed by atoms with Gasteiger partial charge in [0, 0.05) is 11.3 Å². The summed E-state index contributed by atoms with van der Waals surface area (Å²) in [5, 5.41) is 0. The van der Waals surface area contributed by atoms with Crippen molar-refractivity contribution in [3.8, 4) is 0 Å². The van der Waals surface area contributed by atoms with Crippen molar-refractivity contribution in [2.24, 2.45) is 0 Å². The predicted molar refractivity (Wildman–Crippen MR) is 64.0 cm³/mol. The standard InChI is InChI=1S/C9H21O2P.Al.3H/c1-7(2)11-12(10,8(3)4)9(5)6;;;;/h7-9H,1-6H3;;;;. The third-order valence-electron chi connectivity index (χ3n) is 1.82. The maximum atomic E-state index is 12.2. The van der Waals surface area contributed by atoms with Crippen molar-refractivity contribution in [3.63, 3.8) is 0 Å². The molecule has 80 valence electrons. The van der Waals surface area contributed by atoms with Crippen LogP contribution in [0.15, 0.2) is 0 Å². The fourth-order valence-electron chi connectivity index (χ4n) is 1.17. The van der Waals surface area contributed by atoms with Gasteiger partial charge in [0.05, 0.1) is 6.10 Å². The molecule has 0 aliphatic heterocycles. The van der Waals surface area contributed by atoms with E-state index in [9.17, 15) is 4.57 Å². The van der Waals surface area contributed by atoms with E-state index < -0.39 is 7.37 Å². The van der Waals surface area contributed by atoms with Crippen LogP contribution >= 0.6 is 7.37 Å². The van der Waals surface area contributed by atoms with Crippen molar-refractivity contribution in [2.75, 3.05) is 0 Å². The lowest BCUT2D eigenvalue weighted by molar-refractivity contribution is 0.236. The van der Waals surface area contributed by atoms with E-state index in [0.29, 0.717) is 0 Å². The molecule has 0 radical (unpaired) electrons. The average Bonchev–Trinajstić information content (AvgIpc) is 1.84. The van der Waals surface area contributed by atoms with Gasteiger partial charge in [-0.3, -0.25) is 4.57 Å². The molecule has 0 aliphatic rings. The summed E-state index contributed by atoms with van der Waals surface area (Å²) in [4.78, 5) is 0. The molecule has 0 spiro atoms. The molecule has 0 aromatic carbocycles. The molecular weight excluding hydrogens is 198 g/mol. The Kier molecular flexibility index (Phi) is 7.77. The minimum Gasteiger partial charge on any atom is -0.325 e. The minimum absolute atomic E-state index is 0. The van der Waals surface area contributed by atoms with Gasteiger partial charge in [0.2, 0.25) is 7.37 Å². The molecule has 2 nitrogen and oxygen atoms in total. The second kappa shape index (κ2) is 6.25. The third-order valence-corrected chi connectivity index (χ3v) is 5.45. The molecule has 0 aliphatic carbocycles. The maximum absolute atomic E-state index is 12.2. The van der Waals surface area contributed by atoms with Crippen LogP contribution in [0.2, 0.25) is 0 Å². The zero-order chi connectivity index (χ0) is 9.94. The van der Waals surface area contributed by atoms with Crippen molar-refractivity contribution < 1.29 is 9.09 Å². The summed E-state index contributed by atoms with van der Waals surface area (Å²) in [6.45, 7) is 11.7. The minimum atomic E-state index is -2.42. The lowest BCUT2D eigenvalue weighted by Gasteiger charge is -2.27. The van der Waals surface area contributed by atoms with Crippen LogP contribution in [0.1, 0.15) is 41.5 Å². The quantitative estimate of drug-likeness (QED) is 0.539. The average molecular weight is 222 g/mol. The second-order valence-corrected chi connectivity index (χ2v) is 7.55. The zero-order valence-corrected chi connectivity index (χ0v) is 9.89. The predicted octanol–water partition coefficient (Wildman–Crippen LogP) is 2.32. The summed E-state index contributed by atoms with van der Waals surface area (Å²) >= 11 is 0. The Morgan fingerprint density at radius 1 is 0.923 bits per heavy atom. The van der Waals surface area contributed by atoms with Gasteiger partial charge in [-0.25, -0.2) is 0 Å². The largest absolute Gasteiger partial charge is 0.325 e. The van der Waals surface area contributed by atoms with Crippen LogP contribution in [0, 0.1) is 0 Å². The summed E-state index contributed by atoms with van der Waals surface area (Å²) in [6.07, 6.45) is 0.0561. The summed E-state index contributed by atoms with van der Waals surface area (Å²) in [7, 11) is -2.42. The van der Waals surface area contributed by atoms with Crippen molar-refractivity contribution in [1.82, 2.24) is 0 Å². The molecule has 0 unspecified atom stereocenters. The molecule has 0 aromatic rings. The molecule has 0 rings (SSSR count). The molecule has 0 amide bonds. The lowest BCUT2D eigenvalue weighted by Crippen LogP contribution is -2.14. The molecule has 0 fully saturated rings. The van der Waals surface area contributed by atoms with Gasteiger partial charge in [0.1, 0.15) is 0 Å². The first kappa shape index (κ1) is 16.2. The highest BCUT2D eigenvalue weighted by molar-refractivity contribution is 7.60. The van der Waals surface area contributed by atoms with Gasteiger partial charge in [-0.2, -0.15) is 0 Å². The fourth-order valence-corrected chi connectivity index (χ4v) is 3.51. The van der Waals surface area contributed by atoms with E-state index in [0.717, 1.165) is 0 Å². The zero-order valence-electron chi connectivity index (χ0n) is 9.00. The third kappa shape index (κ3) is 4.66. The molecule has 0 heterocycles. The van der Waals surface area contributed by atoms with E-state index >= 15 is 0 Å². The van der Waals surface area contributed by atoms with Crippen LogP contribution in [0.5, 0.6) is 0 Å². The molecule has 0 N–H and O–H groups in total. The van der Waals surface area contributed by atoms with Gasteiger partial charge in [-0.1, -0.05) is 27.7 Å². The normalized spacial score (nSPS) is 12.4. The Morgan fingerprint density at radius 2 is 1.23 bits per heavy atom. The molecule has 0 saturated heterocycles. The SMILES string of the molecule is CC(C)OP(=O)(C(C)C)C(C)C.[AlH3]. The Bertz CT molecular complexity index is 166. The fraction of sp³-hybridized carbons (Fsp3) is 1.00. The molecule has 0 bridgehead atoms. The smallest absolute Gasteiger partial charge is 0.208 e. The van der Waals surface area contributed by atoms with E-state index in [1.54, 1.807) is 0 Å². The highest BCUT2D eigenvalue weighted by Gasteiger charge is 2.32. The lowest BCUT2D eigenvalue weighted by atomic mass is 10.5. The van der Waals surface area contributed by atoms with E-state index in [1.165, 1.54) is 0 Å². The first-order valence-electron chi connectivity index (χ1n) is 4.58. The molecule has 0 atom stereocenters. The summed E-state index contributed by atoms with van der Waals surface area (Å²) < 4.78 is 17.7. The van der Waals surface area contributed by atoms with Crippen molar-refractivity contribution in [1.29, 1.82) is 0 Å². The van der Waals surface area contributed by atoms with Crippen LogP contribution in [0.25, 0.3) is 0 Å². The Hall–Kier alpha value is 0.722. The van der Waals surface area contributed by atoms with Gasteiger partial charge in [0.25, 0.3) is 0 Å². The summed E-state index contributed by atoms with van der Waals surface area (Å²) in [5.41, 5.74) is 0.250. The number of rotatable bonds is 4. The van der Waals surface area contributed by atoms with E-state index in [1.807, 2.05) is 41.5 Å². The number of hydrogen-bond donors (Lipinski definition) is 0. The van der Waals surface area contributed by atoms with Crippen LogP contribution in [0.3, 0.4) is 0 Å². The van der Waals surface area contributed by atoms with Crippen molar-refractivity contribution in [3.05, 3.63) is 0 Å². The van der Waals surface area contributed by atoms with E-state index in [2.05, 4.69) is 0 Å². The summed E-state index contributed by atoms with van der Waals surface area (Å²) in [6, 6.07) is 0. The first-order valence-corrected chi connectivity index (χ1v) is 6.34.